The molecule has 0 radical (unpaired) electrons. The van der Waals surface area contributed by atoms with Crippen LogP contribution >= 0.6 is 0 Å². The van der Waals surface area contributed by atoms with E-state index in [0.717, 1.165) is 11.8 Å². The summed E-state index contributed by atoms with van der Waals surface area (Å²) in [4.78, 5) is 0. The van der Waals surface area contributed by atoms with Gasteiger partial charge in [0.1, 0.15) is 6.61 Å². The quantitative estimate of drug-likeness (QED) is 0.884. The summed E-state index contributed by atoms with van der Waals surface area (Å²) < 4.78 is 36.6. The van der Waals surface area contributed by atoms with Crippen molar-refractivity contribution in [2.75, 3.05) is 0 Å². The van der Waals surface area contributed by atoms with Crippen molar-refractivity contribution in [1.29, 1.82) is 0 Å². The Labute approximate surface area is 114 Å². The third-order valence-corrected chi connectivity index (χ3v) is 3.04. The van der Waals surface area contributed by atoms with Gasteiger partial charge in [-0.1, -0.05) is 11.2 Å². The van der Waals surface area contributed by atoms with E-state index in [2.05, 4.69) is 10.5 Å². The number of aromatic nitrogens is 1. The lowest BCUT2D eigenvalue weighted by Gasteiger charge is -2.04. The van der Waals surface area contributed by atoms with Crippen LogP contribution in [0, 0.1) is 11.6 Å². The Kier molecular flexibility index (Phi) is 3.64. The van der Waals surface area contributed by atoms with Crippen LogP contribution in [-0.2, 0) is 13.2 Å². The monoisotopic (exact) mass is 280 g/mol. The number of halogens is 2. The molecule has 106 valence electrons. The van der Waals surface area contributed by atoms with Crippen LogP contribution in [0.5, 0.6) is 5.75 Å². The second-order valence-corrected chi connectivity index (χ2v) is 4.78. The Bertz CT molecular complexity index is 597. The molecule has 4 nitrogen and oxygen atoms in total. The van der Waals surface area contributed by atoms with Gasteiger partial charge in [-0.3, -0.25) is 0 Å². The van der Waals surface area contributed by atoms with Gasteiger partial charge in [-0.05, 0) is 25.0 Å². The largest absolute Gasteiger partial charge is 0.482 e. The molecule has 1 fully saturated rings. The zero-order chi connectivity index (χ0) is 13.9. The van der Waals surface area contributed by atoms with E-state index in [1.165, 1.54) is 25.0 Å². The van der Waals surface area contributed by atoms with Crippen molar-refractivity contribution in [2.45, 2.75) is 32.0 Å². The van der Waals surface area contributed by atoms with Crippen molar-refractivity contribution in [2.24, 2.45) is 0 Å². The first-order valence-corrected chi connectivity index (χ1v) is 6.47. The Balaban J connectivity index is 1.56. The first kappa shape index (κ1) is 13.1. The number of hydrogen-bond acceptors (Lipinski definition) is 4. The highest BCUT2D eigenvalue weighted by Gasteiger charge is 2.20. The van der Waals surface area contributed by atoms with Crippen molar-refractivity contribution in [1.82, 2.24) is 10.5 Å². The fraction of sp³-hybridized carbons (Fsp3) is 0.357. The number of benzene rings is 1. The van der Waals surface area contributed by atoms with Gasteiger partial charge in [0.2, 0.25) is 5.82 Å². The Hall–Kier alpha value is -1.95. The lowest BCUT2D eigenvalue weighted by molar-refractivity contribution is 0.237. The average molecular weight is 280 g/mol. The Morgan fingerprint density at radius 1 is 1.35 bits per heavy atom. The topological polar surface area (TPSA) is 47.3 Å². The SMILES string of the molecule is Fc1cccc(OCc2cc(CNC3CC3)no2)c1F. The van der Waals surface area contributed by atoms with Crippen LogP contribution < -0.4 is 10.1 Å². The van der Waals surface area contributed by atoms with Crippen LogP contribution in [0.4, 0.5) is 8.78 Å². The summed E-state index contributed by atoms with van der Waals surface area (Å²) >= 11 is 0. The zero-order valence-electron chi connectivity index (χ0n) is 10.7. The first-order valence-electron chi connectivity index (χ1n) is 6.47. The molecule has 1 N–H and O–H groups in total. The van der Waals surface area contributed by atoms with E-state index >= 15 is 0 Å². The second kappa shape index (κ2) is 5.58. The molecule has 0 aliphatic heterocycles. The van der Waals surface area contributed by atoms with Crippen LogP contribution in [0.15, 0.2) is 28.8 Å². The van der Waals surface area contributed by atoms with E-state index < -0.39 is 11.6 Å². The molecule has 1 aromatic heterocycles. The van der Waals surface area contributed by atoms with Gasteiger partial charge in [-0.2, -0.15) is 4.39 Å². The number of nitrogens with one attached hydrogen (secondary N) is 1. The second-order valence-electron chi connectivity index (χ2n) is 4.78. The van der Waals surface area contributed by atoms with Gasteiger partial charge in [0.05, 0.1) is 5.69 Å². The first-order chi connectivity index (χ1) is 9.72. The smallest absolute Gasteiger partial charge is 0.200 e. The molecule has 0 unspecified atom stereocenters. The minimum atomic E-state index is -0.998. The number of hydrogen-bond donors (Lipinski definition) is 1. The van der Waals surface area contributed by atoms with E-state index in [4.69, 9.17) is 9.26 Å². The standard InChI is InChI=1S/C14H14F2N2O2/c15-12-2-1-3-13(14(12)16)19-8-11-6-10(18-20-11)7-17-9-4-5-9/h1-3,6,9,17H,4-5,7-8H2. The van der Waals surface area contributed by atoms with Crippen LogP contribution in [0.1, 0.15) is 24.3 Å². The molecule has 20 heavy (non-hydrogen) atoms. The number of ether oxygens (including phenoxy) is 1. The van der Waals surface area contributed by atoms with Gasteiger partial charge >= 0.3 is 0 Å². The van der Waals surface area contributed by atoms with Crippen LogP contribution in [0.3, 0.4) is 0 Å². The molecule has 1 saturated carbocycles. The van der Waals surface area contributed by atoms with Gasteiger partial charge in [0.15, 0.2) is 17.3 Å². The van der Waals surface area contributed by atoms with Crippen LogP contribution in [0.25, 0.3) is 0 Å². The van der Waals surface area contributed by atoms with Crippen LogP contribution in [-0.4, -0.2) is 11.2 Å². The molecular weight excluding hydrogens is 266 g/mol. The van der Waals surface area contributed by atoms with Gasteiger partial charge in [-0.15, -0.1) is 0 Å². The average Bonchev–Trinajstić information content (AvgIpc) is 3.17. The van der Waals surface area contributed by atoms with E-state index in [1.54, 1.807) is 6.07 Å². The third-order valence-electron chi connectivity index (χ3n) is 3.04. The molecule has 2 aromatic rings. The molecule has 1 aliphatic rings. The fourth-order valence-corrected chi connectivity index (χ4v) is 1.79. The van der Waals surface area contributed by atoms with Crippen molar-refractivity contribution in [3.05, 3.63) is 47.4 Å². The van der Waals surface area contributed by atoms with Crippen molar-refractivity contribution >= 4 is 0 Å². The Morgan fingerprint density at radius 3 is 3.00 bits per heavy atom. The predicted octanol–water partition coefficient (Wildman–Crippen LogP) is 2.78. The summed E-state index contributed by atoms with van der Waals surface area (Å²) in [6, 6.07) is 6.13. The Morgan fingerprint density at radius 2 is 2.20 bits per heavy atom. The molecule has 0 saturated heterocycles. The molecule has 1 aromatic carbocycles. The molecule has 3 rings (SSSR count). The van der Waals surface area contributed by atoms with Crippen LogP contribution in [0.2, 0.25) is 0 Å². The maximum Gasteiger partial charge on any atom is 0.200 e. The summed E-state index contributed by atoms with van der Waals surface area (Å²) in [6.07, 6.45) is 2.40. The third kappa shape index (κ3) is 3.14. The highest BCUT2D eigenvalue weighted by Crippen LogP contribution is 2.21. The number of nitrogens with zero attached hydrogens (tertiary/aromatic N) is 1. The highest BCUT2D eigenvalue weighted by atomic mass is 19.2. The predicted molar refractivity (Wildman–Crippen MR) is 67.1 cm³/mol. The molecule has 1 aliphatic carbocycles. The van der Waals surface area contributed by atoms with Gasteiger partial charge in [-0.25, -0.2) is 4.39 Å². The summed E-state index contributed by atoms with van der Waals surface area (Å²) in [6.45, 7) is 0.652. The molecular formula is C14H14F2N2O2. The van der Waals surface area contributed by atoms with Gasteiger partial charge in [0, 0.05) is 18.7 Å². The number of rotatable bonds is 6. The van der Waals surface area contributed by atoms with E-state index in [-0.39, 0.29) is 12.4 Å². The maximum absolute atomic E-state index is 13.4. The van der Waals surface area contributed by atoms with E-state index in [9.17, 15) is 8.78 Å². The van der Waals surface area contributed by atoms with E-state index in [1.807, 2.05) is 0 Å². The molecule has 0 spiro atoms. The molecule has 1 heterocycles. The molecule has 0 amide bonds. The molecule has 6 heteroatoms. The normalized spacial score (nSPS) is 14.5. The summed E-state index contributed by atoms with van der Waals surface area (Å²) in [5.74, 6) is -1.60. The lowest BCUT2D eigenvalue weighted by atomic mass is 10.3. The minimum Gasteiger partial charge on any atom is -0.482 e. The zero-order valence-corrected chi connectivity index (χ0v) is 10.7. The highest BCUT2D eigenvalue weighted by molar-refractivity contribution is 5.25. The summed E-state index contributed by atoms with van der Waals surface area (Å²) in [7, 11) is 0. The minimum absolute atomic E-state index is 0.0107. The van der Waals surface area contributed by atoms with Crippen molar-refractivity contribution in [3.63, 3.8) is 0 Å². The summed E-state index contributed by atoms with van der Waals surface area (Å²) in [5.41, 5.74) is 0.773. The molecule has 0 bridgehead atoms. The van der Waals surface area contributed by atoms with Crippen molar-refractivity contribution < 1.29 is 18.0 Å². The van der Waals surface area contributed by atoms with Crippen molar-refractivity contribution in [3.8, 4) is 5.75 Å². The van der Waals surface area contributed by atoms with Gasteiger partial charge in [0.25, 0.3) is 0 Å². The molecule has 0 atom stereocenters. The lowest BCUT2D eigenvalue weighted by Crippen LogP contribution is -2.15. The fourth-order valence-electron chi connectivity index (χ4n) is 1.79. The maximum atomic E-state index is 13.4. The summed E-state index contributed by atoms with van der Waals surface area (Å²) in [5, 5.41) is 7.19. The van der Waals surface area contributed by atoms with E-state index in [0.29, 0.717) is 18.3 Å². The van der Waals surface area contributed by atoms with Gasteiger partial charge < -0.3 is 14.6 Å².